The van der Waals surface area contributed by atoms with Gasteiger partial charge in [-0.3, -0.25) is 4.79 Å². The summed E-state index contributed by atoms with van der Waals surface area (Å²) in [7, 11) is 1.31. The van der Waals surface area contributed by atoms with Gasteiger partial charge < -0.3 is 19.8 Å². The molecular formula is C22H22N2O4. The third-order valence-electron chi connectivity index (χ3n) is 5.06. The van der Waals surface area contributed by atoms with Gasteiger partial charge in [-0.05, 0) is 73.7 Å². The van der Waals surface area contributed by atoms with Crippen LogP contribution in [-0.2, 0) is 22.4 Å². The Morgan fingerprint density at radius 3 is 2.64 bits per heavy atom. The molecule has 1 aliphatic carbocycles. The van der Waals surface area contributed by atoms with Gasteiger partial charge in [0.1, 0.15) is 5.75 Å². The summed E-state index contributed by atoms with van der Waals surface area (Å²) in [6.45, 7) is -0.150. The molecule has 0 atom stereocenters. The van der Waals surface area contributed by atoms with Crippen LogP contribution in [0, 0.1) is 0 Å². The molecule has 0 fully saturated rings. The highest BCUT2D eigenvalue weighted by Gasteiger charge is 2.17. The van der Waals surface area contributed by atoms with Gasteiger partial charge in [0.05, 0.1) is 7.11 Å². The van der Waals surface area contributed by atoms with Crippen LogP contribution in [0.3, 0.4) is 0 Å². The lowest BCUT2D eigenvalue weighted by atomic mass is 9.95. The van der Waals surface area contributed by atoms with Gasteiger partial charge in [-0.1, -0.05) is 0 Å². The van der Waals surface area contributed by atoms with Gasteiger partial charge in [0, 0.05) is 27.8 Å². The van der Waals surface area contributed by atoms with Crippen LogP contribution in [-0.4, -0.2) is 30.6 Å². The molecule has 0 radical (unpaired) electrons. The van der Waals surface area contributed by atoms with E-state index in [1.54, 1.807) is 24.3 Å². The lowest BCUT2D eigenvalue weighted by Crippen LogP contribution is -2.13. The molecule has 1 heterocycles. The fraction of sp³-hybridized carbons (Fsp3) is 0.273. The van der Waals surface area contributed by atoms with Gasteiger partial charge in [0.2, 0.25) is 0 Å². The highest BCUT2D eigenvalue weighted by atomic mass is 16.6. The van der Waals surface area contributed by atoms with Crippen LogP contribution >= 0.6 is 0 Å². The standard InChI is InChI=1S/C22H22N2O4/c1-27-21(25)13-28-16-9-7-15(8-10-16)23-22(26)14-6-11-20-18(12-14)17-4-2-3-5-19(17)24-20/h6-12,24H,2-5,13H2,1H3,(H,23,26). The van der Waals surface area contributed by atoms with Crippen molar-refractivity contribution in [3.8, 4) is 5.75 Å². The molecule has 28 heavy (non-hydrogen) atoms. The van der Waals surface area contributed by atoms with E-state index in [9.17, 15) is 9.59 Å². The topological polar surface area (TPSA) is 80.4 Å². The average molecular weight is 378 g/mol. The maximum absolute atomic E-state index is 12.7. The minimum absolute atomic E-state index is 0.150. The lowest BCUT2D eigenvalue weighted by Gasteiger charge is -2.11. The zero-order valence-corrected chi connectivity index (χ0v) is 15.7. The molecule has 0 saturated carbocycles. The Morgan fingerprint density at radius 1 is 1.07 bits per heavy atom. The summed E-state index contributed by atoms with van der Waals surface area (Å²) in [6, 6.07) is 12.7. The van der Waals surface area contributed by atoms with E-state index in [1.807, 2.05) is 18.2 Å². The fourth-order valence-corrected chi connectivity index (χ4v) is 3.59. The van der Waals surface area contributed by atoms with Gasteiger partial charge in [-0.15, -0.1) is 0 Å². The van der Waals surface area contributed by atoms with Crippen LogP contribution < -0.4 is 10.1 Å². The SMILES string of the molecule is COC(=O)COc1ccc(NC(=O)c2ccc3[nH]c4c(c3c2)CCCC4)cc1. The Bertz CT molecular complexity index is 1020. The average Bonchev–Trinajstić information content (AvgIpc) is 3.11. The van der Waals surface area contributed by atoms with Gasteiger partial charge in [0.25, 0.3) is 5.91 Å². The molecule has 6 heteroatoms. The van der Waals surface area contributed by atoms with Crippen molar-refractivity contribution in [2.24, 2.45) is 0 Å². The molecule has 4 rings (SSSR count). The minimum atomic E-state index is -0.445. The van der Waals surface area contributed by atoms with Crippen LogP contribution in [0.1, 0.15) is 34.5 Å². The predicted molar refractivity (Wildman–Crippen MR) is 107 cm³/mol. The molecule has 0 bridgehead atoms. The van der Waals surface area contributed by atoms with Crippen LogP contribution in [0.5, 0.6) is 5.75 Å². The summed E-state index contributed by atoms with van der Waals surface area (Å²) in [5, 5.41) is 4.05. The van der Waals surface area contributed by atoms with E-state index >= 15 is 0 Å². The Kier molecular flexibility index (Phi) is 5.02. The summed E-state index contributed by atoms with van der Waals surface area (Å²) >= 11 is 0. The first kappa shape index (κ1) is 18.1. The number of fused-ring (bicyclic) bond motifs is 3. The van der Waals surface area contributed by atoms with Gasteiger partial charge >= 0.3 is 5.97 Å². The number of carbonyl (C=O) groups is 2. The van der Waals surface area contributed by atoms with E-state index in [2.05, 4.69) is 15.0 Å². The summed E-state index contributed by atoms with van der Waals surface area (Å²) in [6.07, 6.45) is 4.55. The van der Waals surface area contributed by atoms with E-state index in [1.165, 1.54) is 31.2 Å². The second-order valence-corrected chi connectivity index (χ2v) is 6.89. The quantitative estimate of drug-likeness (QED) is 0.661. The third-order valence-corrected chi connectivity index (χ3v) is 5.06. The molecule has 2 N–H and O–H groups in total. The van der Waals surface area contributed by atoms with E-state index in [0.29, 0.717) is 17.0 Å². The number of hydrogen-bond donors (Lipinski definition) is 2. The summed E-state index contributed by atoms with van der Waals surface area (Å²) in [4.78, 5) is 27.3. The lowest BCUT2D eigenvalue weighted by molar-refractivity contribution is -0.142. The Morgan fingerprint density at radius 2 is 1.86 bits per heavy atom. The van der Waals surface area contributed by atoms with Crippen LogP contribution in [0.4, 0.5) is 5.69 Å². The molecule has 1 aliphatic rings. The van der Waals surface area contributed by atoms with Crippen molar-refractivity contribution < 1.29 is 19.1 Å². The van der Waals surface area contributed by atoms with Crippen molar-refractivity contribution in [1.82, 2.24) is 4.98 Å². The third kappa shape index (κ3) is 3.71. The van der Waals surface area contributed by atoms with Crippen molar-refractivity contribution in [1.29, 1.82) is 0 Å². The van der Waals surface area contributed by atoms with Crippen LogP contribution in [0.25, 0.3) is 10.9 Å². The molecule has 0 spiro atoms. The van der Waals surface area contributed by atoms with Crippen LogP contribution in [0.2, 0.25) is 0 Å². The summed E-state index contributed by atoms with van der Waals surface area (Å²) in [5.74, 6) is -0.0700. The van der Waals surface area contributed by atoms with E-state index in [-0.39, 0.29) is 12.5 Å². The number of methoxy groups -OCH3 is 1. The molecule has 3 aromatic rings. The molecular weight excluding hydrogens is 356 g/mol. The Labute approximate surface area is 162 Å². The first-order valence-electron chi connectivity index (χ1n) is 9.38. The molecule has 6 nitrogen and oxygen atoms in total. The second-order valence-electron chi connectivity index (χ2n) is 6.89. The maximum atomic E-state index is 12.7. The number of ether oxygens (including phenoxy) is 2. The number of aromatic nitrogens is 1. The van der Waals surface area contributed by atoms with Gasteiger partial charge in [-0.2, -0.15) is 0 Å². The van der Waals surface area contributed by atoms with Crippen LogP contribution in [0.15, 0.2) is 42.5 Å². The van der Waals surface area contributed by atoms with Gasteiger partial charge in [0.15, 0.2) is 6.61 Å². The molecule has 0 saturated heterocycles. The zero-order valence-electron chi connectivity index (χ0n) is 15.7. The number of aryl methyl sites for hydroxylation is 2. The molecule has 144 valence electrons. The maximum Gasteiger partial charge on any atom is 0.343 e. The highest BCUT2D eigenvalue weighted by Crippen LogP contribution is 2.30. The number of nitrogens with one attached hydrogen (secondary N) is 2. The Balaban J connectivity index is 1.46. The largest absolute Gasteiger partial charge is 0.482 e. The first-order chi connectivity index (χ1) is 13.6. The molecule has 1 amide bonds. The molecule has 0 aliphatic heterocycles. The molecule has 0 unspecified atom stereocenters. The fourth-order valence-electron chi connectivity index (χ4n) is 3.59. The first-order valence-corrected chi connectivity index (χ1v) is 9.38. The number of hydrogen-bond acceptors (Lipinski definition) is 4. The summed E-state index contributed by atoms with van der Waals surface area (Å²) < 4.78 is 9.84. The summed E-state index contributed by atoms with van der Waals surface area (Å²) in [5.41, 5.74) is 5.04. The Hall–Kier alpha value is -3.28. The van der Waals surface area contributed by atoms with E-state index < -0.39 is 5.97 Å². The zero-order chi connectivity index (χ0) is 19.5. The number of anilines is 1. The number of H-pyrrole nitrogens is 1. The monoisotopic (exact) mass is 378 g/mol. The highest BCUT2D eigenvalue weighted by molar-refractivity contribution is 6.06. The van der Waals surface area contributed by atoms with E-state index in [0.717, 1.165) is 23.7 Å². The number of esters is 1. The number of amides is 1. The number of benzene rings is 2. The molecule has 1 aromatic heterocycles. The van der Waals surface area contributed by atoms with Crippen molar-refractivity contribution in [2.45, 2.75) is 25.7 Å². The van der Waals surface area contributed by atoms with Crippen molar-refractivity contribution in [3.05, 3.63) is 59.3 Å². The normalized spacial score (nSPS) is 13.0. The predicted octanol–water partition coefficient (Wildman–Crippen LogP) is 3.85. The van der Waals surface area contributed by atoms with Gasteiger partial charge in [-0.25, -0.2) is 4.79 Å². The number of aromatic amines is 1. The van der Waals surface area contributed by atoms with Crippen molar-refractivity contribution >= 4 is 28.5 Å². The van der Waals surface area contributed by atoms with Crippen molar-refractivity contribution in [3.63, 3.8) is 0 Å². The number of carbonyl (C=O) groups excluding carboxylic acids is 2. The smallest absolute Gasteiger partial charge is 0.343 e. The van der Waals surface area contributed by atoms with Crippen molar-refractivity contribution in [2.75, 3.05) is 19.0 Å². The van der Waals surface area contributed by atoms with E-state index in [4.69, 9.17) is 4.74 Å². The number of rotatable bonds is 5. The minimum Gasteiger partial charge on any atom is -0.482 e. The second kappa shape index (κ2) is 7.76. The molecule has 2 aromatic carbocycles.